The van der Waals surface area contributed by atoms with E-state index < -0.39 is 12.0 Å². The number of rotatable bonds is 2. The van der Waals surface area contributed by atoms with Crippen LogP contribution in [0.4, 0.5) is 5.69 Å². The molecule has 2 amide bonds. The average Bonchev–Trinajstić information content (AvgIpc) is 3.09. The lowest BCUT2D eigenvalue weighted by molar-refractivity contribution is -0.126. The first kappa shape index (κ1) is 14.9. The Kier molecular flexibility index (Phi) is 3.39. The quantitative estimate of drug-likeness (QED) is 0.790. The molecule has 2 heterocycles. The lowest BCUT2D eigenvalue weighted by atomic mass is 9.94. The Bertz CT molecular complexity index is 876. The predicted octanol–water partition coefficient (Wildman–Crippen LogP) is 2.94. The molecule has 2 aliphatic rings. The van der Waals surface area contributed by atoms with Crippen LogP contribution in [0.1, 0.15) is 11.1 Å². The molecule has 6 heteroatoms. The molecule has 0 unspecified atom stereocenters. The van der Waals surface area contributed by atoms with Gasteiger partial charge < -0.3 is 4.84 Å². The van der Waals surface area contributed by atoms with Gasteiger partial charge in [0.05, 0.1) is 5.69 Å². The lowest BCUT2D eigenvalue weighted by Gasteiger charge is -2.15. The molecular formula is C18H13ClN2O3. The zero-order valence-electron chi connectivity index (χ0n) is 12.8. The minimum Gasteiger partial charge on any atom is -0.381 e. The molecule has 0 aromatic heterocycles. The fourth-order valence-corrected chi connectivity index (χ4v) is 3.18. The molecule has 0 radical (unpaired) electrons. The number of carbonyl (C=O) groups is 2. The van der Waals surface area contributed by atoms with Gasteiger partial charge in [-0.15, -0.1) is 0 Å². The third-order valence-electron chi connectivity index (χ3n) is 4.21. The van der Waals surface area contributed by atoms with Gasteiger partial charge in [-0.2, -0.15) is 0 Å². The van der Waals surface area contributed by atoms with Gasteiger partial charge in [-0.05, 0) is 36.8 Å². The van der Waals surface area contributed by atoms with Crippen molar-refractivity contribution in [1.82, 2.24) is 0 Å². The number of benzene rings is 2. The van der Waals surface area contributed by atoms with Crippen molar-refractivity contribution < 1.29 is 14.4 Å². The molecule has 120 valence electrons. The van der Waals surface area contributed by atoms with Crippen molar-refractivity contribution in [3.8, 4) is 0 Å². The number of oxime groups is 1. The van der Waals surface area contributed by atoms with Gasteiger partial charge in [0.25, 0.3) is 5.91 Å². The van der Waals surface area contributed by atoms with Crippen LogP contribution in [0.3, 0.4) is 0 Å². The summed E-state index contributed by atoms with van der Waals surface area (Å²) >= 11 is 5.90. The van der Waals surface area contributed by atoms with Gasteiger partial charge in [-0.3, -0.25) is 9.59 Å². The number of amides is 2. The number of hydrogen-bond donors (Lipinski definition) is 0. The lowest BCUT2D eigenvalue weighted by Crippen LogP contribution is -2.33. The van der Waals surface area contributed by atoms with Gasteiger partial charge in [-0.1, -0.05) is 41.0 Å². The van der Waals surface area contributed by atoms with Crippen molar-refractivity contribution in [3.63, 3.8) is 0 Å². The third kappa shape index (κ3) is 2.20. The van der Waals surface area contributed by atoms with Crippen LogP contribution in [-0.2, 0) is 14.4 Å². The van der Waals surface area contributed by atoms with Crippen LogP contribution in [-0.4, -0.2) is 23.6 Å². The number of carbonyl (C=O) groups excluding carboxylic acids is 2. The number of nitrogens with zero attached hydrogens (tertiary/aromatic N) is 2. The normalized spacial score (nSPS) is 22.4. The van der Waals surface area contributed by atoms with E-state index in [1.54, 1.807) is 36.4 Å². The molecule has 1 saturated heterocycles. The van der Waals surface area contributed by atoms with Crippen molar-refractivity contribution >= 4 is 34.8 Å². The van der Waals surface area contributed by atoms with Crippen LogP contribution in [0, 0.1) is 12.8 Å². The summed E-state index contributed by atoms with van der Waals surface area (Å²) in [6.07, 6.45) is -0.899. The monoisotopic (exact) mass is 340 g/mol. The highest BCUT2D eigenvalue weighted by atomic mass is 35.5. The van der Waals surface area contributed by atoms with Crippen molar-refractivity contribution in [2.24, 2.45) is 11.1 Å². The van der Waals surface area contributed by atoms with Crippen LogP contribution in [0.2, 0.25) is 5.02 Å². The van der Waals surface area contributed by atoms with Crippen LogP contribution >= 0.6 is 11.6 Å². The first-order chi connectivity index (χ1) is 11.6. The van der Waals surface area contributed by atoms with E-state index in [2.05, 4.69) is 5.16 Å². The minimum absolute atomic E-state index is 0.318. The van der Waals surface area contributed by atoms with Crippen molar-refractivity contribution in [2.75, 3.05) is 4.90 Å². The molecule has 0 aliphatic carbocycles. The van der Waals surface area contributed by atoms with E-state index in [4.69, 9.17) is 16.4 Å². The third-order valence-corrected chi connectivity index (χ3v) is 4.46. The standard InChI is InChI=1S/C18H13ClN2O3/c1-10-3-2-4-13(9-10)21-17(22)14-15(20-24-16(14)18(21)23)11-5-7-12(19)8-6-11/h2-9,14,16H,1H3/t14-,16+/m1/s1. The van der Waals surface area contributed by atoms with E-state index in [0.29, 0.717) is 16.4 Å². The Balaban J connectivity index is 1.71. The molecule has 2 aliphatic heterocycles. The Morgan fingerprint density at radius 3 is 2.54 bits per heavy atom. The summed E-state index contributed by atoms with van der Waals surface area (Å²) < 4.78 is 0. The average molecular weight is 341 g/mol. The number of anilines is 1. The topological polar surface area (TPSA) is 59.0 Å². The summed E-state index contributed by atoms with van der Waals surface area (Å²) in [6, 6.07) is 14.2. The van der Waals surface area contributed by atoms with Gasteiger partial charge in [0.1, 0.15) is 11.6 Å². The molecule has 1 fully saturated rings. The molecule has 5 nitrogen and oxygen atoms in total. The van der Waals surface area contributed by atoms with Gasteiger partial charge in [0.2, 0.25) is 12.0 Å². The Morgan fingerprint density at radius 2 is 1.83 bits per heavy atom. The number of hydrogen-bond acceptors (Lipinski definition) is 4. The zero-order valence-corrected chi connectivity index (χ0v) is 13.5. The summed E-state index contributed by atoms with van der Waals surface area (Å²) in [5.41, 5.74) is 2.71. The van der Waals surface area contributed by atoms with Crippen LogP contribution in [0.5, 0.6) is 0 Å². The van der Waals surface area contributed by atoms with Crippen molar-refractivity contribution in [3.05, 3.63) is 64.7 Å². The number of fused-ring (bicyclic) bond motifs is 1. The van der Waals surface area contributed by atoms with Gasteiger partial charge in [-0.25, -0.2) is 4.90 Å². The van der Waals surface area contributed by atoms with Crippen molar-refractivity contribution in [2.45, 2.75) is 13.0 Å². The first-order valence-electron chi connectivity index (χ1n) is 7.50. The summed E-state index contributed by atoms with van der Waals surface area (Å²) in [4.78, 5) is 32.0. The second-order valence-corrected chi connectivity index (χ2v) is 6.27. The number of imide groups is 1. The molecule has 2 aromatic carbocycles. The number of aryl methyl sites for hydroxylation is 1. The highest BCUT2D eigenvalue weighted by Gasteiger charge is 2.56. The van der Waals surface area contributed by atoms with E-state index in [1.807, 2.05) is 19.1 Å². The van der Waals surface area contributed by atoms with Crippen LogP contribution < -0.4 is 4.90 Å². The van der Waals surface area contributed by atoms with E-state index in [-0.39, 0.29) is 11.8 Å². The summed E-state index contributed by atoms with van der Waals surface area (Å²) in [7, 11) is 0. The molecule has 0 saturated carbocycles. The maximum Gasteiger partial charge on any atom is 0.278 e. The van der Waals surface area contributed by atoms with Gasteiger partial charge in [0.15, 0.2) is 0 Å². The molecule has 0 N–H and O–H groups in total. The fourth-order valence-electron chi connectivity index (χ4n) is 3.06. The van der Waals surface area contributed by atoms with Crippen LogP contribution in [0.25, 0.3) is 0 Å². The van der Waals surface area contributed by atoms with E-state index >= 15 is 0 Å². The highest BCUT2D eigenvalue weighted by Crippen LogP contribution is 2.35. The smallest absolute Gasteiger partial charge is 0.278 e. The maximum atomic E-state index is 12.9. The Hall–Kier alpha value is -2.66. The summed E-state index contributed by atoms with van der Waals surface area (Å²) in [6.45, 7) is 1.91. The van der Waals surface area contributed by atoms with Crippen LogP contribution in [0.15, 0.2) is 53.7 Å². The first-order valence-corrected chi connectivity index (χ1v) is 7.88. The Labute approximate surface area is 143 Å². The van der Waals surface area contributed by atoms with E-state index in [1.165, 1.54) is 4.90 Å². The molecule has 0 bridgehead atoms. The molecular weight excluding hydrogens is 328 g/mol. The minimum atomic E-state index is -0.899. The maximum absolute atomic E-state index is 12.9. The molecule has 2 aromatic rings. The SMILES string of the molecule is Cc1cccc(N2C(=O)[C@@H]3C(c4ccc(Cl)cc4)=NO[C@@H]3C2=O)c1. The molecule has 24 heavy (non-hydrogen) atoms. The fraction of sp³-hybridized carbons (Fsp3) is 0.167. The molecule has 0 spiro atoms. The number of halogens is 1. The second-order valence-electron chi connectivity index (χ2n) is 5.84. The van der Waals surface area contributed by atoms with Gasteiger partial charge >= 0.3 is 0 Å². The van der Waals surface area contributed by atoms with E-state index in [9.17, 15) is 9.59 Å². The van der Waals surface area contributed by atoms with Gasteiger partial charge in [0, 0.05) is 10.6 Å². The Morgan fingerprint density at radius 1 is 1.08 bits per heavy atom. The van der Waals surface area contributed by atoms with Crippen molar-refractivity contribution in [1.29, 1.82) is 0 Å². The molecule has 4 rings (SSSR count). The van der Waals surface area contributed by atoms with E-state index in [0.717, 1.165) is 11.1 Å². The summed E-state index contributed by atoms with van der Waals surface area (Å²) in [5, 5.41) is 4.56. The zero-order chi connectivity index (χ0) is 16.8. The molecule has 2 atom stereocenters. The summed E-state index contributed by atoms with van der Waals surface area (Å²) in [5.74, 6) is -1.43. The predicted molar refractivity (Wildman–Crippen MR) is 90.0 cm³/mol. The highest BCUT2D eigenvalue weighted by molar-refractivity contribution is 6.33. The second kappa shape index (κ2) is 5.46. The largest absolute Gasteiger partial charge is 0.381 e.